The number of alkyl carbamates (subject to hydrolysis) is 1. The first kappa shape index (κ1) is 17.8. The van der Waals surface area contributed by atoms with E-state index in [1.807, 2.05) is 6.07 Å². The zero-order valence-corrected chi connectivity index (χ0v) is 14.2. The fourth-order valence-corrected chi connectivity index (χ4v) is 3.37. The summed E-state index contributed by atoms with van der Waals surface area (Å²) < 4.78 is 4.90. The average Bonchev–Trinajstić information content (AvgIpc) is 2.51. The zero-order valence-electron chi connectivity index (χ0n) is 14.2. The van der Waals surface area contributed by atoms with Gasteiger partial charge in [0.05, 0.1) is 18.8 Å². The monoisotopic (exact) mass is 320 g/mol. The summed E-state index contributed by atoms with van der Waals surface area (Å²) in [6.07, 6.45) is -0.317. The Hall–Kier alpha value is -1.59. The molecule has 0 radical (unpaired) electrons. The minimum atomic E-state index is -0.585. The summed E-state index contributed by atoms with van der Waals surface area (Å²) in [4.78, 5) is 13.9. The summed E-state index contributed by atoms with van der Waals surface area (Å²) in [5.74, 6) is 0.444. The number of carbonyl (C=O) groups excluding carboxylic acids is 1. The number of ether oxygens (including phenoxy) is 1. The number of carbonyl (C=O) groups is 1. The van der Waals surface area contributed by atoms with E-state index in [9.17, 15) is 9.90 Å². The molecule has 1 fully saturated rings. The number of β-amino-alcohol motifs (C(OH)–C–C–N with tert-alkyl or cyclic N) is 1. The second-order valence-corrected chi connectivity index (χ2v) is 6.42. The molecule has 2 N–H and O–H groups in total. The number of aliphatic hydroxyl groups excluding tert-OH is 1. The highest BCUT2D eigenvalue weighted by Crippen LogP contribution is 2.31. The van der Waals surface area contributed by atoms with Gasteiger partial charge < -0.3 is 15.2 Å². The first-order valence-electron chi connectivity index (χ1n) is 8.43. The smallest absolute Gasteiger partial charge is 0.407 e. The number of likely N-dealkylation sites (tertiary alicyclic amines) is 1. The molecule has 0 aromatic heterocycles. The summed E-state index contributed by atoms with van der Waals surface area (Å²) in [5.41, 5.74) is 1.27. The molecular formula is C18H28N2O3. The number of amides is 1. The number of nitrogens with zero attached hydrogens (tertiary/aromatic N) is 1. The molecule has 1 aliphatic heterocycles. The highest BCUT2D eigenvalue weighted by atomic mass is 16.5. The summed E-state index contributed by atoms with van der Waals surface area (Å²) in [7, 11) is 0. The molecule has 128 valence electrons. The Morgan fingerprint density at radius 2 is 2.09 bits per heavy atom. The van der Waals surface area contributed by atoms with Gasteiger partial charge in [-0.25, -0.2) is 4.79 Å². The molecule has 1 amide bonds. The van der Waals surface area contributed by atoms with Crippen molar-refractivity contribution in [3.8, 4) is 0 Å². The molecule has 1 saturated heterocycles. The SMILES string of the molecule is CCOC(=O)NC1CCN(C(c2ccccc2)C(C)C)CC1O. The van der Waals surface area contributed by atoms with Crippen molar-refractivity contribution < 1.29 is 14.6 Å². The van der Waals surface area contributed by atoms with Crippen molar-refractivity contribution in [1.29, 1.82) is 0 Å². The second kappa shape index (κ2) is 8.31. The summed E-state index contributed by atoms with van der Waals surface area (Å²) >= 11 is 0. The van der Waals surface area contributed by atoms with Gasteiger partial charge in [-0.1, -0.05) is 44.2 Å². The first-order chi connectivity index (χ1) is 11.0. The fourth-order valence-electron chi connectivity index (χ4n) is 3.37. The normalized spacial score (nSPS) is 23.5. The molecule has 3 unspecified atom stereocenters. The predicted molar refractivity (Wildman–Crippen MR) is 90.2 cm³/mol. The molecular weight excluding hydrogens is 292 g/mol. The van der Waals surface area contributed by atoms with Gasteiger partial charge in [-0.3, -0.25) is 4.90 Å². The van der Waals surface area contributed by atoms with Crippen LogP contribution in [0.4, 0.5) is 4.79 Å². The van der Waals surface area contributed by atoms with Gasteiger partial charge in [0.2, 0.25) is 0 Å². The van der Waals surface area contributed by atoms with Crippen LogP contribution in [0.15, 0.2) is 30.3 Å². The van der Waals surface area contributed by atoms with Crippen LogP contribution in [-0.2, 0) is 4.74 Å². The molecule has 5 nitrogen and oxygen atoms in total. The van der Waals surface area contributed by atoms with Gasteiger partial charge in [0.1, 0.15) is 0 Å². The van der Waals surface area contributed by atoms with Crippen LogP contribution in [0.5, 0.6) is 0 Å². The Morgan fingerprint density at radius 3 is 2.65 bits per heavy atom. The van der Waals surface area contributed by atoms with Gasteiger partial charge in [0.15, 0.2) is 0 Å². The summed E-state index contributed by atoms with van der Waals surface area (Å²) in [6.45, 7) is 7.90. The standard InChI is InChI=1S/C18H28N2O3/c1-4-23-18(22)19-15-10-11-20(12-16(15)21)17(13(2)3)14-8-6-5-7-9-14/h5-9,13,15-17,21H,4,10-12H2,1-3H3,(H,19,22). The van der Waals surface area contributed by atoms with Crippen molar-refractivity contribution in [3.63, 3.8) is 0 Å². The van der Waals surface area contributed by atoms with Gasteiger partial charge in [-0.05, 0) is 24.8 Å². The van der Waals surface area contributed by atoms with Crippen molar-refractivity contribution >= 4 is 6.09 Å². The van der Waals surface area contributed by atoms with E-state index in [0.29, 0.717) is 19.1 Å². The number of nitrogens with one attached hydrogen (secondary N) is 1. The van der Waals surface area contributed by atoms with Crippen LogP contribution in [0.25, 0.3) is 0 Å². The quantitative estimate of drug-likeness (QED) is 0.875. The molecule has 3 atom stereocenters. The van der Waals surface area contributed by atoms with E-state index in [-0.39, 0.29) is 12.1 Å². The van der Waals surface area contributed by atoms with Crippen molar-refractivity contribution in [2.75, 3.05) is 19.7 Å². The van der Waals surface area contributed by atoms with Gasteiger partial charge in [-0.2, -0.15) is 0 Å². The minimum absolute atomic E-state index is 0.242. The Bertz CT molecular complexity index is 492. The van der Waals surface area contributed by atoms with Crippen molar-refractivity contribution in [2.45, 2.75) is 45.4 Å². The Morgan fingerprint density at radius 1 is 1.39 bits per heavy atom. The van der Waals surface area contributed by atoms with Crippen LogP contribution in [0.2, 0.25) is 0 Å². The van der Waals surface area contributed by atoms with Crippen molar-refractivity contribution in [3.05, 3.63) is 35.9 Å². The number of aliphatic hydroxyl groups is 1. The van der Waals surface area contributed by atoms with Gasteiger partial charge in [0.25, 0.3) is 0 Å². The highest BCUT2D eigenvalue weighted by Gasteiger charge is 2.34. The first-order valence-corrected chi connectivity index (χ1v) is 8.43. The van der Waals surface area contributed by atoms with E-state index in [1.54, 1.807) is 6.92 Å². The third-order valence-electron chi connectivity index (χ3n) is 4.36. The second-order valence-electron chi connectivity index (χ2n) is 6.42. The maximum Gasteiger partial charge on any atom is 0.407 e. The molecule has 1 aromatic rings. The molecule has 1 aromatic carbocycles. The lowest BCUT2D eigenvalue weighted by molar-refractivity contribution is 0.00916. The number of benzene rings is 1. The van der Waals surface area contributed by atoms with Crippen molar-refractivity contribution in [2.24, 2.45) is 5.92 Å². The highest BCUT2D eigenvalue weighted by molar-refractivity contribution is 5.67. The van der Waals surface area contributed by atoms with Crippen molar-refractivity contribution in [1.82, 2.24) is 10.2 Å². The molecule has 1 aliphatic rings. The Balaban J connectivity index is 2.01. The third-order valence-corrected chi connectivity index (χ3v) is 4.36. The average molecular weight is 320 g/mol. The lowest BCUT2D eigenvalue weighted by Gasteiger charge is -2.42. The Kier molecular flexibility index (Phi) is 6.42. The van der Waals surface area contributed by atoms with Crippen LogP contribution in [0, 0.1) is 5.92 Å². The van der Waals surface area contributed by atoms with Crippen LogP contribution in [0.1, 0.15) is 38.8 Å². The number of rotatable bonds is 5. The molecule has 2 rings (SSSR count). The molecule has 0 spiro atoms. The minimum Gasteiger partial charge on any atom is -0.450 e. The third kappa shape index (κ3) is 4.69. The maximum atomic E-state index is 11.5. The van der Waals surface area contributed by atoms with Gasteiger partial charge in [0, 0.05) is 19.1 Å². The summed E-state index contributed by atoms with van der Waals surface area (Å²) in [6, 6.07) is 10.4. The lowest BCUT2D eigenvalue weighted by atomic mass is 9.91. The van der Waals surface area contributed by atoms with Crippen LogP contribution in [0.3, 0.4) is 0 Å². The molecule has 5 heteroatoms. The zero-order chi connectivity index (χ0) is 16.8. The topological polar surface area (TPSA) is 61.8 Å². The number of hydrogen-bond donors (Lipinski definition) is 2. The molecule has 1 heterocycles. The largest absolute Gasteiger partial charge is 0.450 e. The van der Waals surface area contributed by atoms with Crippen LogP contribution in [-0.4, -0.2) is 47.9 Å². The molecule has 0 saturated carbocycles. The lowest BCUT2D eigenvalue weighted by Crippen LogP contribution is -2.55. The van der Waals surface area contributed by atoms with Gasteiger partial charge in [-0.15, -0.1) is 0 Å². The Labute approximate surface area is 138 Å². The molecule has 0 aliphatic carbocycles. The molecule has 0 bridgehead atoms. The van der Waals surface area contributed by atoms with Crippen LogP contribution < -0.4 is 5.32 Å². The van der Waals surface area contributed by atoms with Crippen LogP contribution >= 0.6 is 0 Å². The van der Waals surface area contributed by atoms with E-state index >= 15 is 0 Å². The van der Waals surface area contributed by atoms with E-state index in [0.717, 1.165) is 13.0 Å². The number of piperidine rings is 1. The number of hydrogen-bond acceptors (Lipinski definition) is 4. The van der Waals surface area contributed by atoms with E-state index < -0.39 is 12.2 Å². The fraction of sp³-hybridized carbons (Fsp3) is 0.611. The molecule has 23 heavy (non-hydrogen) atoms. The van der Waals surface area contributed by atoms with Gasteiger partial charge >= 0.3 is 6.09 Å². The maximum absolute atomic E-state index is 11.5. The van der Waals surface area contributed by atoms with E-state index in [2.05, 4.69) is 48.3 Å². The summed E-state index contributed by atoms with van der Waals surface area (Å²) in [5, 5.41) is 13.2. The predicted octanol–water partition coefficient (Wildman–Crippen LogP) is 2.57. The van der Waals surface area contributed by atoms with E-state index in [4.69, 9.17) is 4.74 Å². The van der Waals surface area contributed by atoms with E-state index in [1.165, 1.54) is 5.56 Å².